The number of hydrogen-bond acceptors (Lipinski definition) is 4. The van der Waals surface area contributed by atoms with Crippen molar-refractivity contribution < 1.29 is 4.74 Å². The standard InChI is InChI=1S/C23H19N3OS/c1-15(2)27-22-12-11-16-7-3-4-8-18(16)19(22)13-17(14-24)28-23-25-20-9-5-6-10-21(20)26-23/h3-13,15H,1-2H3,(H,25,26)/b17-13+. The van der Waals surface area contributed by atoms with E-state index in [2.05, 4.69) is 28.2 Å². The largest absolute Gasteiger partial charge is 0.490 e. The second-order valence-corrected chi connectivity index (χ2v) is 7.68. The smallest absolute Gasteiger partial charge is 0.171 e. The second-order valence-electron chi connectivity index (χ2n) is 6.65. The van der Waals surface area contributed by atoms with E-state index in [4.69, 9.17) is 4.74 Å². The summed E-state index contributed by atoms with van der Waals surface area (Å²) < 4.78 is 6.01. The number of hydrogen-bond donors (Lipinski definition) is 1. The number of nitrogens with one attached hydrogen (secondary N) is 1. The Bertz CT molecular complexity index is 1180. The first-order valence-electron chi connectivity index (χ1n) is 9.07. The minimum atomic E-state index is 0.0434. The zero-order valence-corrected chi connectivity index (χ0v) is 16.5. The third-order valence-electron chi connectivity index (χ3n) is 4.25. The number of benzene rings is 3. The van der Waals surface area contributed by atoms with Gasteiger partial charge >= 0.3 is 0 Å². The first kappa shape index (κ1) is 18.1. The molecular formula is C23H19N3OS. The van der Waals surface area contributed by atoms with Gasteiger partial charge in [-0.15, -0.1) is 0 Å². The number of aromatic amines is 1. The number of nitriles is 1. The van der Waals surface area contributed by atoms with Gasteiger partial charge in [-0.25, -0.2) is 4.98 Å². The van der Waals surface area contributed by atoms with Gasteiger partial charge in [-0.3, -0.25) is 0 Å². The molecule has 0 bridgehead atoms. The molecule has 0 spiro atoms. The molecule has 1 aromatic heterocycles. The molecule has 4 rings (SSSR count). The monoisotopic (exact) mass is 385 g/mol. The predicted octanol–water partition coefficient (Wildman–Crippen LogP) is 6.16. The molecule has 3 aromatic carbocycles. The Labute approximate surface area is 167 Å². The van der Waals surface area contributed by atoms with Crippen molar-refractivity contribution in [3.63, 3.8) is 0 Å². The van der Waals surface area contributed by atoms with E-state index >= 15 is 0 Å². The van der Waals surface area contributed by atoms with Crippen molar-refractivity contribution in [2.75, 3.05) is 0 Å². The fraction of sp³-hybridized carbons (Fsp3) is 0.130. The lowest BCUT2D eigenvalue weighted by molar-refractivity contribution is 0.242. The van der Waals surface area contributed by atoms with Crippen LogP contribution in [0.1, 0.15) is 19.4 Å². The van der Waals surface area contributed by atoms with Crippen LogP contribution in [0.4, 0.5) is 0 Å². The summed E-state index contributed by atoms with van der Waals surface area (Å²) in [4.78, 5) is 8.36. The summed E-state index contributed by atoms with van der Waals surface area (Å²) in [6, 6.07) is 22.3. The van der Waals surface area contributed by atoms with Gasteiger partial charge in [-0.1, -0.05) is 42.5 Å². The van der Waals surface area contributed by atoms with Crippen LogP contribution in [0.3, 0.4) is 0 Å². The lowest BCUT2D eigenvalue weighted by Crippen LogP contribution is -2.06. The summed E-state index contributed by atoms with van der Waals surface area (Å²) in [6.45, 7) is 3.99. The third-order valence-corrected chi connectivity index (χ3v) is 5.07. The molecule has 0 aliphatic heterocycles. The van der Waals surface area contributed by atoms with Gasteiger partial charge in [-0.2, -0.15) is 5.26 Å². The molecule has 0 saturated carbocycles. The van der Waals surface area contributed by atoms with Gasteiger partial charge in [0.05, 0.1) is 22.0 Å². The Morgan fingerprint density at radius 1 is 1.11 bits per heavy atom. The first-order valence-corrected chi connectivity index (χ1v) is 9.88. The highest BCUT2D eigenvalue weighted by molar-refractivity contribution is 8.03. The number of allylic oxidation sites excluding steroid dienone is 1. The predicted molar refractivity (Wildman–Crippen MR) is 115 cm³/mol. The zero-order valence-electron chi connectivity index (χ0n) is 15.6. The maximum absolute atomic E-state index is 9.75. The molecule has 28 heavy (non-hydrogen) atoms. The lowest BCUT2D eigenvalue weighted by atomic mass is 10.0. The molecule has 0 radical (unpaired) electrons. The fourth-order valence-corrected chi connectivity index (χ4v) is 3.81. The van der Waals surface area contributed by atoms with Crippen LogP contribution in [-0.2, 0) is 0 Å². The van der Waals surface area contributed by atoms with E-state index in [9.17, 15) is 5.26 Å². The fourth-order valence-electron chi connectivity index (χ4n) is 3.08. The van der Waals surface area contributed by atoms with Crippen LogP contribution in [0.15, 0.2) is 70.7 Å². The first-order chi connectivity index (χ1) is 13.6. The van der Waals surface area contributed by atoms with Crippen molar-refractivity contribution in [1.29, 1.82) is 5.26 Å². The Hall–Kier alpha value is -3.23. The Kier molecular flexibility index (Phi) is 5.05. The summed E-state index contributed by atoms with van der Waals surface area (Å²) >= 11 is 1.32. The molecule has 0 aliphatic carbocycles. The number of rotatable bonds is 5. The van der Waals surface area contributed by atoms with E-state index in [-0.39, 0.29) is 6.10 Å². The van der Waals surface area contributed by atoms with E-state index in [0.29, 0.717) is 10.1 Å². The van der Waals surface area contributed by atoms with Gasteiger partial charge in [-0.05, 0) is 60.7 Å². The molecule has 5 heteroatoms. The molecule has 0 amide bonds. The molecule has 0 fully saturated rings. The molecule has 4 aromatic rings. The number of aromatic nitrogens is 2. The van der Waals surface area contributed by atoms with Crippen LogP contribution in [0, 0.1) is 11.3 Å². The van der Waals surface area contributed by atoms with Crippen LogP contribution in [-0.4, -0.2) is 16.1 Å². The van der Waals surface area contributed by atoms with Crippen LogP contribution in [0.2, 0.25) is 0 Å². The summed E-state index contributed by atoms with van der Waals surface area (Å²) in [5.74, 6) is 0.770. The highest BCUT2D eigenvalue weighted by Gasteiger charge is 2.12. The number of para-hydroxylation sites is 2. The van der Waals surface area contributed by atoms with Crippen LogP contribution in [0.5, 0.6) is 5.75 Å². The number of H-pyrrole nitrogens is 1. The van der Waals surface area contributed by atoms with Crippen LogP contribution in [0.25, 0.3) is 27.9 Å². The van der Waals surface area contributed by atoms with Gasteiger partial charge in [0.25, 0.3) is 0 Å². The number of thioether (sulfide) groups is 1. The van der Waals surface area contributed by atoms with Crippen LogP contribution < -0.4 is 4.74 Å². The number of fused-ring (bicyclic) bond motifs is 2. The van der Waals surface area contributed by atoms with Crippen molar-refractivity contribution >= 4 is 39.6 Å². The van der Waals surface area contributed by atoms with Gasteiger partial charge in [0.1, 0.15) is 11.8 Å². The Morgan fingerprint density at radius 2 is 1.89 bits per heavy atom. The average molecular weight is 385 g/mol. The van der Waals surface area contributed by atoms with E-state index in [1.54, 1.807) is 0 Å². The topological polar surface area (TPSA) is 61.7 Å². The van der Waals surface area contributed by atoms with E-state index < -0.39 is 0 Å². The molecule has 0 saturated heterocycles. The number of imidazole rings is 1. The molecule has 0 unspecified atom stereocenters. The van der Waals surface area contributed by atoms with E-state index in [1.807, 2.05) is 68.5 Å². The second kappa shape index (κ2) is 7.79. The third kappa shape index (κ3) is 3.73. The van der Waals surface area contributed by atoms with Gasteiger partial charge in [0.15, 0.2) is 5.16 Å². The normalized spacial score (nSPS) is 11.9. The minimum absolute atomic E-state index is 0.0434. The zero-order chi connectivity index (χ0) is 19.5. The Balaban J connectivity index is 1.78. The van der Waals surface area contributed by atoms with Gasteiger partial charge in [0.2, 0.25) is 0 Å². The summed E-state index contributed by atoms with van der Waals surface area (Å²) in [5.41, 5.74) is 2.75. The summed E-state index contributed by atoms with van der Waals surface area (Å²) in [5, 5.41) is 12.6. The highest BCUT2D eigenvalue weighted by atomic mass is 32.2. The molecule has 4 nitrogen and oxygen atoms in total. The minimum Gasteiger partial charge on any atom is -0.490 e. The lowest BCUT2D eigenvalue weighted by Gasteiger charge is -2.15. The highest BCUT2D eigenvalue weighted by Crippen LogP contribution is 2.34. The van der Waals surface area contributed by atoms with Crippen molar-refractivity contribution in [2.45, 2.75) is 25.1 Å². The molecule has 1 N–H and O–H groups in total. The number of ether oxygens (including phenoxy) is 1. The van der Waals surface area contributed by atoms with Gasteiger partial charge in [0, 0.05) is 5.56 Å². The maximum Gasteiger partial charge on any atom is 0.171 e. The molecule has 0 aliphatic rings. The summed E-state index contributed by atoms with van der Waals surface area (Å²) in [6.07, 6.45) is 1.93. The molecule has 1 heterocycles. The number of nitrogens with zero attached hydrogens (tertiary/aromatic N) is 2. The van der Waals surface area contributed by atoms with Crippen molar-refractivity contribution in [2.24, 2.45) is 0 Å². The van der Waals surface area contributed by atoms with Crippen molar-refractivity contribution in [1.82, 2.24) is 9.97 Å². The van der Waals surface area contributed by atoms with E-state index in [0.717, 1.165) is 33.1 Å². The van der Waals surface area contributed by atoms with Gasteiger partial charge < -0.3 is 9.72 Å². The molecule has 138 valence electrons. The van der Waals surface area contributed by atoms with Crippen molar-refractivity contribution in [3.05, 3.63) is 71.1 Å². The molecule has 0 atom stereocenters. The maximum atomic E-state index is 9.75. The SMILES string of the molecule is CC(C)Oc1ccc2ccccc2c1/C=C(\C#N)Sc1nc2ccccc2[nH]1. The Morgan fingerprint density at radius 3 is 2.68 bits per heavy atom. The average Bonchev–Trinajstić information content (AvgIpc) is 3.11. The quantitative estimate of drug-likeness (QED) is 0.330. The van der Waals surface area contributed by atoms with Crippen molar-refractivity contribution in [3.8, 4) is 11.8 Å². The van der Waals surface area contributed by atoms with Crippen LogP contribution >= 0.6 is 11.8 Å². The van der Waals surface area contributed by atoms with E-state index in [1.165, 1.54) is 11.8 Å². The summed E-state index contributed by atoms with van der Waals surface area (Å²) in [7, 11) is 0. The molecular weight excluding hydrogens is 366 g/mol.